The van der Waals surface area contributed by atoms with E-state index < -0.39 is 0 Å². The molecular weight excluding hydrogens is 250 g/mol. The molecule has 0 radical (unpaired) electrons. The fraction of sp³-hybridized carbons (Fsp3) is 0.0588. The normalized spacial score (nSPS) is 12.6. The van der Waals surface area contributed by atoms with Gasteiger partial charge >= 0.3 is 0 Å². The molecule has 1 N–H and O–H groups in total. The number of aromatic amines is 1. The second-order valence-corrected chi connectivity index (χ2v) is 4.74. The molecule has 0 unspecified atom stereocenters. The summed E-state index contributed by atoms with van der Waals surface area (Å²) < 4.78 is 10.7. The molecule has 3 heteroatoms. The lowest BCUT2D eigenvalue weighted by Crippen LogP contribution is -1.92. The summed E-state index contributed by atoms with van der Waals surface area (Å²) in [5, 5.41) is 0. The van der Waals surface area contributed by atoms with Crippen LogP contribution in [0.25, 0.3) is 22.4 Å². The molecule has 20 heavy (non-hydrogen) atoms. The highest BCUT2D eigenvalue weighted by atomic mass is 16.7. The predicted molar refractivity (Wildman–Crippen MR) is 77.8 cm³/mol. The van der Waals surface area contributed by atoms with Crippen molar-refractivity contribution in [3.63, 3.8) is 0 Å². The highest BCUT2D eigenvalue weighted by molar-refractivity contribution is 5.72. The van der Waals surface area contributed by atoms with Crippen LogP contribution in [0.5, 0.6) is 11.5 Å². The van der Waals surface area contributed by atoms with E-state index in [1.807, 2.05) is 42.6 Å². The first-order valence-electron chi connectivity index (χ1n) is 6.54. The molecule has 0 saturated heterocycles. The van der Waals surface area contributed by atoms with Crippen molar-refractivity contribution in [2.45, 2.75) is 0 Å². The Kier molecular flexibility index (Phi) is 2.49. The van der Waals surface area contributed by atoms with Crippen LogP contribution in [0.1, 0.15) is 0 Å². The number of benzene rings is 2. The first-order chi connectivity index (χ1) is 9.90. The molecule has 0 amide bonds. The monoisotopic (exact) mass is 263 g/mol. The quantitative estimate of drug-likeness (QED) is 0.756. The molecule has 0 spiro atoms. The minimum atomic E-state index is 0.304. The molecule has 1 aromatic heterocycles. The Balaban J connectivity index is 1.72. The standard InChI is InChI=1S/C17H13NO2/c1-2-4-12(5-3-1)14-8-15(18-10-14)13-6-7-16-17(9-13)20-11-19-16/h1-10,18H,11H2. The van der Waals surface area contributed by atoms with E-state index in [0.29, 0.717) is 6.79 Å². The zero-order valence-corrected chi connectivity index (χ0v) is 10.8. The van der Waals surface area contributed by atoms with Crippen molar-refractivity contribution in [1.82, 2.24) is 4.98 Å². The van der Waals surface area contributed by atoms with E-state index in [4.69, 9.17) is 9.47 Å². The van der Waals surface area contributed by atoms with Crippen LogP contribution in [0.4, 0.5) is 0 Å². The Morgan fingerprint density at radius 1 is 0.750 bits per heavy atom. The molecule has 4 rings (SSSR count). The third-order valence-corrected chi connectivity index (χ3v) is 3.47. The van der Waals surface area contributed by atoms with E-state index in [1.54, 1.807) is 0 Å². The highest BCUT2D eigenvalue weighted by Gasteiger charge is 2.14. The lowest BCUT2D eigenvalue weighted by Gasteiger charge is -2.00. The molecule has 0 atom stereocenters. The number of hydrogen-bond donors (Lipinski definition) is 1. The van der Waals surface area contributed by atoms with Gasteiger partial charge in [0, 0.05) is 17.5 Å². The maximum absolute atomic E-state index is 5.42. The van der Waals surface area contributed by atoms with Crippen LogP contribution in [-0.2, 0) is 0 Å². The number of rotatable bonds is 2. The van der Waals surface area contributed by atoms with Gasteiger partial charge in [-0.15, -0.1) is 0 Å². The van der Waals surface area contributed by atoms with Crippen LogP contribution in [0.3, 0.4) is 0 Å². The molecular formula is C17H13NO2. The van der Waals surface area contributed by atoms with Crippen LogP contribution in [0.15, 0.2) is 60.8 Å². The van der Waals surface area contributed by atoms with Gasteiger partial charge in [0.05, 0.1) is 0 Å². The van der Waals surface area contributed by atoms with Gasteiger partial charge in [-0.1, -0.05) is 30.3 Å². The number of aromatic nitrogens is 1. The summed E-state index contributed by atoms with van der Waals surface area (Å²) in [5.74, 6) is 1.61. The summed E-state index contributed by atoms with van der Waals surface area (Å²) in [7, 11) is 0. The van der Waals surface area contributed by atoms with Crippen molar-refractivity contribution >= 4 is 0 Å². The lowest BCUT2D eigenvalue weighted by atomic mass is 10.1. The summed E-state index contributed by atoms with van der Waals surface area (Å²) in [5.41, 5.74) is 4.55. The van der Waals surface area contributed by atoms with Gasteiger partial charge in [0.2, 0.25) is 6.79 Å². The van der Waals surface area contributed by atoms with Crippen molar-refractivity contribution in [2.75, 3.05) is 6.79 Å². The average molecular weight is 263 g/mol. The summed E-state index contributed by atoms with van der Waals surface area (Å²) in [4.78, 5) is 3.32. The molecule has 3 nitrogen and oxygen atoms in total. The first kappa shape index (κ1) is 11.2. The average Bonchev–Trinajstić information content (AvgIpc) is 3.16. The third-order valence-electron chi connectivity index (χ3n) is 3.47. The lowest BCUT2D eigenvalue weighted by molar-refractivity contribution is 0.174. The predicted octanol–water partition coefficient (Wildman–Crippen LogP) is 4.08. The molecule has 0 saturated carbocycles. The van der Waals surface area contributed by atoms with Gasteiger partial charge in [-0.2, -0.15) is 0 Å². The van der Waals surface area contributed by atoms with E-state index in [2.05, 4.69) is 23.2 Å². The van der Waals surface area contributed by atoms with Gasteiger partial charge in [0.25, 0.3) is 0 Å². The Bertz CT molecular complexity index is 747. The summed E-state index contributed by atoms with van der Waals surface area (Å²) >= 11 is 0. The van der Waals surface area contributed by atoms with Crippen molar-refractivity contribution in [3.8, 4) is 33.9 Å². The van der Waals surface area contributed by atoms with Crippen molar-refractivity contribution in [3.05, 3.63) is 60.8 Å². The van der Waals surface area contributed by atoms with E-state index in [9.17, 15) is 0 Å². The summed E-state index contributed by atoms with van der Waals surface area (Å²) in [6.45, 7) is 0.304. The van der Waals surface area contributed by atoms with E-state index in [0.717, 1.165) is 22.8 Å². The van der Waals surface area contributed by atoms with Gasteiger partial charge in [-0.3, -0.25) is 0 Å². The number of ether oxygens (including phenoxy) is 2. The second-order valence-electron chi connectivity index (χ2n) is 4.74. The maximum atomic E-state index is 5.42. The van der Waals surface area contributed by atoms with Crippen molar-refractivity contribution < 1.29 is 9.47 Å². The first-order valence-corrected chi connectivity index (χ1v) is 6.54. The van der Waals surface area contributed by atoms with Gasteiger partial charge in [-0.05, 0) is 35.4 Å². The van der Waals surface area contributed by atoms with Gasteiger partial charge in [0.1, 0.15) is 0 Å². The van der Waals surface area contributed by atoms with E-state index in [-0.39, 0.29) is 0 Å². The number of nitrogens with one attached hydrogen (secondary N) is 1. The van der Waals surface area contributed by atoms with Crippen molar-refractivity contribution in [2.24, 2.45) is 0 Å². The Labute approximate surface area is 116 Å². The number of hydrogen-bond acceptors (Lipinski definition) is 2. The molecule has 0 bridgehead atoms. The molecule has 2 aromatic carbocycles. The van der Waals surface area contributed by atoms with Crippen molar-refractivity contribution in [1.29, 1.82) is 0 Å². The van der Waals surface area contributed by atoms with Gasteiger partial charge in [0.15, 0.2) is 11.5 Å². The Hall–Kier alpha value is -2.68. The zero-order valence-electron chi connectivity index (χ0n) is 10.8. The second kappa shape index (κ2) is 4.46. The number of fused-ring (bicyclic) bond motifs is 1. The third kappa shape index (κ3) is 1.84. The summed E-state index contributed by atoms with van der Waals surface area (Å²) in [6.07, 6.45) is 2.02. The highest BCUT2D eigenvalue weighted by Crippen LogP contribution is 2.36. The summed E-state index contributed by atoms with van der Waals surface area (Å²) in [6, 6.07) is 18.4. The van der Waals surface area contributed by atoms with Crippen LogP contribution in [-0.4, -0.2) is 11.8 Å². The van der Waals surface area contributed by atoms with Crippen LogP contribution in [0, 0.1) is 0 Å². The molecule has 1 aliphatic heterocycles. The molecule has 98 valence electrons. The van der Waals surface area contributed by atoms with Crippen LogP contribution < -0.4 is 9.47 Å². The molecule has 0 aliphatic carbocycles. The maximum Gasteiger partial charge on any atom is 0.231 e. The van der Waals surface area contributed by atoms with Gasteiger partial charge < -0.3 is 14.5 Å². The fourth-order valence-corrected chi connectivity index (χ4v) is 2.42. The van der Waals surface area contributed by atoms with E-state index >= 15 is 0 Å². The molecule has 1 aliphatic rings. The van der Waals surface area contributed by atoms with Gasteiger partial charge in [-0.25, -0.2) is 0 Å². The molecule has 0 fully saturated rings. The smallest absolute Gasteiger partial charge is 0.231 e. The largest absolute Gasteiger partial charge is 0.454 e. The van der Waals surface area contributed by atoms with E-state index in [1.165, 1.54) is 11.1 Å². The zero-order chi connectivity index (χ0) is 13.4. The Morgan fingerprint density at radius 2 is 1.60 bits per heavy atom. The minimum Gasteiger partial charge on any atom is -0.454 e. The number of H-pyrrole nitrogens is 1. The SMILES string of the molecule is c1ccc(-c2c[nH]c(-c3ccc4c(c3)OCO4)c2)cc1. The van der Waals surface area contributed by atoms with Crippen LogP contribution >= 0.6 is 0 Å². The molecule has 2 heterocycles. The van der Waals surface area contributed by atoms with Crippen LogP contribution in [0.2, 0.25) is 0 Å². The Morgan fingerprint density at radius 3 is 2.50 bits per heavy atom. The topological polar surface area (TPSA) is 34.2 Å². The minimum absolute atomic E-state index is 0.304. The fourth-order valence-electron chi connectivity index (χ4n) is 2.42. The molecule has 3 aromatic rings.